The monoisotopic (exact) mass is 251 g/mol. The van der Waals surface area contributed by atoms with E-state index in [0.29, 0.717) is 11.5 Å². The second kappa shape index (κ2) is 5.06. The van der Waals surface area contributed by atoms with Gasteiger partial charge in [0.15, 0.2) is 11.5 Å². The van der Waals surface area contributed by atoms with Crippen molar-refractivity contribution in [2.24, 2.45) is 5.73 Å². The summed E-state index contributed by atoms with van der Waals surface area (Å²) >= 11 is 0. The van der Waals surface area contributed by atoms with Crippen LogP contribution in [-0.2, 0) is 5.54 Å². The summed E-state index contributed by atoms with van der Waals surface area (Å²) in [5, 5.41) is 10.1. The van der Waals surface area contributed by atoms with Crippen molar-refractivity contribution in [3.63, 3.8) is 0 Å². The lowest BCUT2D eigenvalue weighted by atomic mass is 9.77. The second-order valence-electron chi connectivity index (χ2n) is 4.94. The Bertz CT molecular complexity index is 425. The fraction of sp³-hybridized carbons (Fsp3) is 0.571. The maximum absolute atomic E-state index is 10.1. The third kappa shape index (κ3) is 2.25. The SMILES string of the molecule is COc1cc(O)c(C2(N)CCCCC2)cc1OC. The first kappa shape index (κ1) is 13.0. The summed E-state index contributed by atoms with van der Waals surface area (Å²) in [7, 11) is 3.14. The highest BCUT2D eigenvalue weighted by Crippen LogP contribution is 2.43. The first-order chi connectivity index (χ1) is 8.60. The van der Waals surface area contributed by atoms with Gasteiger partial charge in [0.2, 0.25) is 0 Å². The minimum atomic E-state index is -0.443. The highest BCUT2D eigenvalue weighted by Gasteiger charge is 2.32. The van der Waals surface area contributed by atoms with Gasteiger partial charge in [-0.25, -0.2) is 0 Å². The molecule has 0 amide bonds. The number of phenolic OH excluding ortho intramolecular Hbond substituents is 1. The van der Waals surface area contributed by atoms with Gasteiger partial charge in [-0.3, -0.25) is 0 Å². The Kier molecular flexibility index (Phi) is 3.66. The van der Waals surface area contributed by atoms with E-state index in [-0.39, 0.29) is 5.75 Å². The zero-order chi connectivity index (χ0) is 13.2. The normalized spacial score (nSPS) is 18.4. The lowest BCUT2D eigenvalue weighted by molar-refractivity contribution is 0.288. The number of phenols is 1. The maximum atomic E-state index is 10.1. The first-order valence-corrected chi connectivity index (χ1v) is 6.35. The minimum Gasteiger partial charge on any atom is -0.507 e. The Morgan fingerprint density at radius 1 is 1.06 bits per heavy atom. The smallest absolute Gasteiger partial charge is 0.164 e. The predicted octanol–water partition coefficient (Wildman–Crippen LogP) is 2.53. The molecule has 0 unspecified atom stereocenters. The van der Waals surface area contributed by atoms with E-state index >= 15 is 0 Å². The van der Waals surface area contributed by atoms with Gasteiger partial charge < -0.3 is 20.3 Å². The topological polar surface area (TPSA) is 64.7 Å². The molecule has 0 aromatic heterocycles. The van der Waals surface area contributed by atoms with Crippen LogP contribution in [0, 0.1) is 0 Å². The van der Waals surface area contributed by atoms with Crippen LogP contribution in [0.15, 0.2) is 12.1 Å². The highest BCUT2D eigenvalue weighted by molar-refractivity contribution is 5.52. The van der Waals surface area contributed by atoms with Crippen LogP contribution in [0.1, 0.15) is 37.7 Å². The van der Waals surface area contributed by atoms with E-state index in [2.05, 4.69) is 0 Å². The summed E-state index contributed by atoms with van der Waals surface area (Å²) < 4.78 is 10.4. The molecule has 0 radical (unpaired) electrons. The lowest BCUT2D eigenvalue weighted by Gasteiger charge is -2.34. The Balaban J connectivity index is 2.43. The van der Waals surface area contributed by atoms with Gasteiger partial charge in [0.1, 0.15) is 5.75 Å². The molecular weight excluding hydrogens is 230 g/mol. The first-order valence-electron chi connectivity index (χ1n) is 6.35. The summed E-state index contributed by atoms with van der Waals surface area (Å²) in [6.07, 6.45) is 5.22. The average Bonchev–Trinajstić information content (AvgIpc) is 2.39. The van der Waals surface area contributed by atoms with Crippen molar-refractivity contribution in [2.75, 3.05) is 14.2 Å². The number of nitrogens with two attached hydrogens (primary N) is 1. The van der Waals surface area contributed by atoms with Gasteiger partial charge in [-0.05, 0) is 18.9 Å². The van der Waals surface area contributed by atoms with Crippen LogP contribution < -0.4 is 15.2 Å². The van der Waals surface area contributed by atoms with E-state index in [9.17, 15) is 5.11 Å². The Hall–Kier alpha value is -1.42. The quantitative estimate of drug-likeness (QED) is 0.866. The molecule has 1 fully saturated rings. The average molecular weight is 251 g/mol. The number of methoxy groups -OCH3 is 2. The minimum absolute atomic E-state index is 0.192. The maximum Gasteiger partial charge on any atom is 0.164 e. The van der Waals surface area contributed by atoms with Crippen molar-refractivity contribution in [1.29, 1.82) is 0 Å². The summed E-state index contributed by atoms with van der Waals surface area (Å²) in [5.74, 6) is 1.33. The number of hydrogen-bond donors (Lipinski definition) is 2. The number of aromatic hydroxyl groups is 1. The number of benzene rings is 1. The molecule has 0 heterocycles. The van der Waals surface area contributed by atoms with Crippen molar-refractivity contribution >= 4 is 0 Å². The van der Waals surface area contributed by atoms with Crippen LogP contribution in [0.4, 0.5) is 0 Å². The molecule has 4 heteroatoms. The van der Waals surface area contributed by atoms with Crippen molar-refractivity contribution in [1.82, 2.24) is 0 Å². The van der Waals surface area contributed by atoms with Gasteiger partial charge in [0.25, 0.3) is 0 Å². The summed E-state index contributed by atoms with van der Waals surface area (Å²) in [4.78, 5) is 0. The van der Waals surface area contributed by atoms with E-state index in [1.54, 1.807) is 26.4 Å². The van der Waals surface area contributed by atoms with E-state index in [4.69, 9.17) is 15.2 Å². The molecule has 2 rings (SSSR count). The van der Waals surface area contributed by atoms with Crippen molar-refractivity contribution in [3.8, 4) is 17.2 Å². The van der Waals surface area contributed by atoms with Crippen LogP contribution in [0.25, 0.3) is 0 Å². The molecule has 0 spiro atoms. The van der Waals surface area contributed by atoms with Crippen LogP contribution in [0.3, 0.4) is 0 Å². The molecule has 0 saturated heterocycles. The van der Waals surface area contributed by atoms with Crippen molar-refractivity contribution < 1.29 is 14.6 Å². The van der Waals surface area contributed by atoms with E-state index < -0.39 is 5.54 Å². The molecule has 1 aliphatic carbocycles. The highest BCUT2D eigenvalue weighted by atomic mass is 16.5. The van der Waals surface area contributed by atoms with Gasteiger partial charge in [-0.1, -0.05) is 19.3 Å². The fourth-order valence-corrected chi connectivity index (χ4v) is 2.72. The largest absolute Gasteiger partial charge is 0.507 e. The third-order valence-electron chi connectivity index (χ3n) is 3.78. The molecule has 1 aliphatic rings. The summed E-state index contributed by atoms with van der Waals surface area (Å²) in [6.45, 7) is 0. The molecule has 100 valence electrons. The predicted molar refractivity (Wildman–Crippen MR) is 70.2 cm³/mol. The molecule has 1 aromatic carbocycles. The molecule has 1 saturated carbocycles. The Labute approximate surface area is 108 Å². The summed E-state index contributed by atoms with van der Waals surface area (Å²) in [5.41, 5.74) is 6.76. The van der Waals surface area contributed by atoms with E-state index in [1.807, 2.05) is 0 Å². The zero-order valence-corrected chi connectivity index (χ0v) is 11.0. The third-order valence-corrected chi connectivity index (χ3v) is 3.78. The molecule has 18 heavy (non-hydrogen) atoms. The van der Waals surface area contributed by atoms with Crippen LogP contribution in [0.2, 0.25) is 0 Å². The van der Waals surface area contributed by atoms with Gasteiger partial charge in [-0.15, -0.1) is 0 Å². The molecule has 0 bridgehead atoms. The fourth-order valence-electron chi connectivity index (χ4n) is 2.72. The lowest BCUT2D eigenvalue weighted by Crippen LogP contribution is -2.38. The van der Waals surface area contributed by atoms with Crippen molar-refractivity contribution in [3.05, 3.63) is 17.7 Å². The number of hydrogen-bond acceptors (Lipinski definition) is 4. The second-order valence-corrected chi connectivity index (χ2v) is 4.94. The molecule has 0 atom stereocenters. The van der Waals surface area contributed by atoms with E-state index in [1.165, 1.54) is 6.42 Å². The number of ether oxygens (including phenoxy) is 2. The standard InChI is InChI=1S/C14H21NO3/c1-17-12-8-10(11(16)9-13(12)18-2)14(15)6-4-3-5-7-14/h8-9,16H,3-7,15H2,1-2H3. The van der Waals surface area contributed by atoms with Crippen LogP contribution in [-0.4, -0.2) is 19.3 Å². The van der Waals surface area contributed by atoms with Gasteiger partial charge in [-0.2, -0.15) is 0 Å². The number of rotatable bonds is 3. The van der Waals surface area contributed by atoms with Gasteiger partial charge in [0, 0.05) is 17.2 Å². The van der Waals surface area contributed by atoms with Crippen molar-refractivity contribution in [2.45, 2.75) is 37.6 Å². The van der Waals surface area contributed by atoms with Crippen LogP contribution >= 0.6 is 0 Å². The Morgan fingerprint density at radius 3 is 2.17 bits per heavy atom. The zero-order valence-electron chi connectivity index (χ0n) is 11.0. The van der Waals surface area contributed by atoms with E-state index in [0.717, 1.165) is 31.2 Å². The Morgan fingerprint density at radius 2 is 1.61 bits per heavy atom. The molecule has 3 N–H and O–H groups in total. The molecule has 1 aromatic rings. The summed E-state index contributed by atoms with van der Waals surface area (Å²) in [6, 6.07) is 3.39. The molecule has 0 aliphatic heterocycles. The van der Waals surface area contributed by atoms with Gasteiger partial charge in [0.05, 0.1) is 14.2 Å². The molecule has 4 nitrogen and oxygen atoms in total. The van der Waals surface area contributed by atoms with Gasteiger partial charge >= 0.3 is 0 Å². The van der Waals surface area contributed by atoms with Crippen LogP contribution in [0.5, 0.6) is 17.2 Å². The molecular formula is C14H21NO3.